The second-order valence-electron chi connectivity index (χ2n) is 10.6. The quantitative estimate of drug-likeness (QED) is 0.196. The number of alkyl halides is 6. The molecule has 2 aromatic carbocycles. The van der Waals surface area contributed by atoms with Gasteiger partial charge in [0, 0.05) is 30.2 Å². The third-order valence-electron chi connectivity index (χ3n) is 7.14. The number of H-pyrrole nitrogens is 1. The van der Waals surface area contributed by atoms with E-state index in [2.05, 4.69) is 20.4 Å². The largest absolute Gasteiger partial charge is 0.490 e. The molecule has 4 heterocycles. The number of nitrogens with one attached hydrogen (secondary N) is 2. The molecule has 1 saturated heterocycles. The molecule has 0 aliphatic carbocycles. The molecule has 2 aliphatic heterocycles. The first kappa shape index (κ1) is 36.4. The summed E-state index contributed by atoms with van der Waals surface area (Å²) in [4.78, 5) is 38.5. The van der Waals surface area contributed by atoms with Crippen molar-refractivity contribution in [1.29, 1.82) is 0 Å². The number of nitrogens with zero attached hydrogens (tertiary/aromatic N) is 3. The fourth-order valence-electron chi connectivity index (χ4n) is 4.78. The number of ether oxygens (including phenoxy) is 2. The Labute approximate surface area is 273 Å². The fraction of sp³-hybridized carbons (Fsp3) is 0.323. The monoisotopic (exact) mass is 697 g/mol. The van der Waals surface area contributed by atoms with Crippen molar-refractivity contribution in [3.05, 3.63) is 72.2 Å². The number of hydrogen-bond acceptors (Lipinski definition) is 8. The first-order valence-electron chi connectivity index (χ1n) is 14.6. The van der Waals surface area contributed by atoms with E-state index in [1.165, 1.54) is 12.8 Å². The maximum Gasteiger partial charge on any atom is 0.490 e. The van der Waals surface area contributed by atoms with E-state index in [-0.39, 0.29) is 5.91 Å². The van der Waals surface area contributed by atoms with Crippen LogP contribution in [0, 0.1) is 0 Å². The second-order valence-corrected chi connectivity index (χ2v) is 10.6. The summed E-state index contributed by atoms with van der Waals surface area (Å²) in [7, 11) is 0. The average molecular weight is 698 g/mol. The van der Waals surface area contributed by atoms with Gasteiger partial charge < -0.3 is 29.9 Å². The summed E-state index contributed by atoms with van der Waals surface area (Å²) in [6, 6.07) is 15.4. The van der Waals surface area contributed by atoms with Crippen molar-refractivity contribution >= 4 is 28.7 Å². The lowest BCUT2D eigenvalue weighted by Crippen LogP contribution is -2.33. The van der Waals surface area contributed by atoms with Crippen LogP contribution in [-0.2, 0) is 9.59 Å². The molecule has 262 valence electrons. The summed E-state index contributed by atoms with van der Waals surface area (Å²) in [6.07, 6.45) is -4.50. The van der Waals surface area contributed by atoms with Crippen molar-refractivity contribution in [3.63, 3.8) is 0 Å². The Morgan fingerprint density at radius 1 is 0.918 bits per heavy atom. The van der Waals surface area contributed by atoms with E-state index >= 15 is 0 Å². The van der Waals surface area contributed by atoms with Gasteiger partial charge >= 0.3 is 24.3 Å². The van der Waals surface area contributed by atoms with E-state index in [0.717, 1.165) is 41.7 Å². The van der Waals surface area contributed by atoms with Gasteiger partial charge in [0.05, 0.1) is 23.0 Å². The highest BCUT2D eigenvalue weighted by Gasteiger charge is 2.39. The minimum atomic E-state index is -5.08. The summed E-state index contributed by atoms with van der Waals surface area (Å²) in [6.45, 7) is 4.01. The van der Waals surface area contributed by atoms with Crippen LogP contribution in [0.1, 0.15) is 35.0 Å². The molecule has 4 aromatic rings. The van der Waals surface area contributed by atoms with Crippen LogP contribution < -0.4 is 14.8 Å². The van der Waals surface area contributed by atoms with Crippen LogP contribution in [-0.4, -0.2) is 93.3 Å². The number of aliphatic carboxylic acids is 2. The summed E-state index contributed by atoms with van der Waals surface area (Å²) >= 11 is 0. The molecule has 49 heavy (non-hydrogen) atoms. The predicted molar refractivity (Wildman–Crippen MR) is 160 cm³/mol. The zero-order chi connectivity index (χ0) is 35.8. The molecule has 6 rings (SSSR count). The number of rotatable bonds is 6. The molecule has 1 fully saturated rings. The highest BCUT2D eigenvalue weighted by atomic mass is 19.4. The molecule has 0 spiro atoms. The maximum absolute atomic E-state index is 13.4. The number of carbonyl (C=O) groups is 3. The molecule has 18 heteroatoms. The summed E-state index contributed by atoms with van der Waals surface area (Å²) in [5.74, 6) is -4.23. The van der Waals surface area contributed by atoms with Crippen molar-refractivity contribution in [1.82, 2.24) is 25.4 Å². The Morgan fingerprint density at radius 2 is 1.55 bits per heavy atom. The van der Waals surface area contributed by atoms with Gasteiger partial charge in [-0.15, -0.1) is 0 Å². The predicted octanol–water partition coefficient (Wildman–Crippen LogP) is 5.23. The van der Waals surface area contributed by atoms with Gasteiger partial charge in [-0.1, -0.05) is 18.2 Å². The zero-order valence-electron chi connectivity index (χ0n) is 25.3. The van der Waals surface area contributed by atoms with E-state index in [0.29, 0.717) is 35.9 Å². The van der Waals surface area contributed by atoms with Gasteiger partial charge in [0.15, 0.2) is 17.6 Å². The van der Waals surface area contributed by atoms with Gasteiger partial charge in [-0.25, -0.2) is 14.6 Å². The van der Waals surface area contributed by atoms with Gasteiger partial charge in [0.1, 0.15) is 6.61 Å². The van der Waals surface area contributed by atoms with E-state index in [1.807, 2.05) is 54.7 Å². The number of carboxylic acid groups (broad SMARTS) is 2. The third-order valence-corrected chi connectivity index (χ3v) is 7.14. The lowest BCUT2D eigenvalue weighted by atomic mass is 10.0. The van der Waals surface area contributed by atoms with Crippen LogP contribution >= 0.6 is 0 Å². The van der Waals surface area contributed by atoms with E-state index in [1.54, 1.807) is 6.20 Å². The number of aromatic nitrogens is 3. The number of pyridine rings is 1. The number of hydrogen-bond donors (Lipinski definition) is 4. The lowest BCUT2D eigenvalue weighted by Gasteiger charge is -2.26. The molecular formula is C31H29F6N5O7. The number of para-hydroxylation sites is 2. The van der Waals surface area contributed by atoms with Crippen LogP contribution in [0.2, 0.25) is 0 Å². The minimum Gasteiger partial charge on any atom is -0.485 e. The molecule has 1 atom stereocenters. The highest BCUT2D eigenvalue weighted by molar-refractivity contribution is 6.07. The minimum absolute atomic E-state index is 0.112. The SMILES string of the molecule is O=C(NCCN1CCCC1)c1cc(C2COc3ccccc3O2)nc2ccc(-c3cn[nH]c3)cc12.O=C(O)C(F)(F)F.O=C(O)C(F)(F)F. The standard InChI is InChI=1S/C27H27N5O3.2C2HF3O2/c33-27(28-9-12-32-10-3-4-11-32)21-14-23(26-17-34-24-5-1-2-6-25(24)35-26)31-22-8-7-18(13-20(21)22)19-15-29-30-16-19;2*3-2(4,5)1(6)7/h1-2,5-8,13-16,26H,3-4,9-12,17H2,(H,28,33)(H,29,30);2*(H,6,7). The van der Waals surface area contributed by atoms with E-state index < -0.39 is 30.4 Å². The topological polar surface area (TPSA) is 167 Å². The van der Waals surface area contributed by atoms with Gasteiger partial charge in [0.2, 0.25) is 0 Å². The molecule has 2 aliphatic rings. The number of likely N-dealkylation sites (tertiary alicyclic amines) is 1. The van der Waals surface area contributed by atoms with Crippen LogP contribution in [0.3, 0.4) is 0 Å². The van der Waals surface area contributed by atoms with Crippen molar-refractivity contribution in [2.24, 2.45) is 0 Å². The van der Waals surface area contributed by atoms with E-state index in [4.69, 9.17) is 34.3 Å². The molecule has 12 nitrogen and oxygen atoms in total. The van der Waals surface area contributed by atoms with Crippen LogP contribution in [0.4, 0.5) is 26.3 Å². The lowest BCUT2D eigenvalue weighted by molar-refractivity contribution is -0.193. The zero-order valence-corrected chi connectivity index (χ0v) is 25.3. The van der Waals surface area contributed by atoms with Crippen molar-refractivity contribution < 1.29 is 60.4 Å². The molecule has 0 radical (unpaired) electrons. The van der Waals surface area contributed by atoms with Crippen molar-refractivity contribution in [2.75, 3.05) is 32.8 Å². The second kappa shape index (κ2) is 15.7. The van der Waals surface area contributed by atoms with Gasteiger partial charge in [-0.2, -0.15) is 31.4 Å². The third kappa shape index (κ3) is 10.1. The first-order valence-corrected chi connectivity index (χ1v) is 14.6. The molecule has 0 bridgehead atoms. The first-order chi connectivity index (χ1) is 23.1. The van der Waals surface area contributed by atoms with E-state index in [9.17, 15) is 31.1 Å². The smallest absolute Gasteiger partial charge is 0.485 e. The summed E-state index contributed by atoms with van der Waals surface area (Å²) < 4.78 is 75.6. The Hall–Kier alpha value is -5.39. The molecule has 1 amide bonds. The summed E-state index contributed by atoms with van der Waals surface area (Å²) in [5.41, 5.74) is 3.92. The number of benzene rings is 2. The fourth-order valence-corrected chi connectivity index (χ4v) is 4.78. The number of aromatic amines is 1. The normalized spacial score (nSPS) is 15.8. The molecule has 4 N–H and O–H groups in total. The van der Waals surface area contributed by atoms with Gasteiger partial charge in [-0.05, 0) is 61.8 Å². The number of amides is 1. The Kier molecular flexibility index (Phi) is 11.7. The van der Waals surface area contributed by atoms with Crippen molar-refractivity contribution in [2.45, 2.75) is 31.3 Å². The Bertz CT molecular complexity index is 1740. The van der Waals surface area contributed by atoms with Crippen LogP contribution in [0.15, 0.2) is 60.9 Å². The van der Waals surface area contributed by atoms with Crippen LogP contribution in [0.5, 0.6) is 11.5 Å². The molecule has 0 saturated carbocycles. The maximum atomic E-state index is 13.4. The average Bonchev–Trinajstić information content (AvgIpc) is 3.79. The van der Waals surface area contributed by atoms with Gasteiger partial charge in [0.25, 0.3) is 5.91 Å². The Balaban J connectivity index is 0.000000327. The molecule has 2 aromatic heterocycles. The molecular weight excluding hydrogens is 668 g/mol. The Morgan fingerprint density at radius 3 is 2.14 bits per heavy atom. The van der Waals surface area contributed by atoms with Crippen LogP contribution in [0.25, 0.3) is 22.0 Å². The number of halogens is 6. The van der Waals surface area contributed by atoms with Crippen molar-refractivity contribution in [3.8, 4) is 22.6 Å². The number of carbonyl (C=O) groups excluding carboxylic acids is 1. The summed E-state index contributed by atoms with van der Waals surface area (Å²) in [5, 5.41) is 25.1. The number of carboxylic acids is 2. The number of fused-ring (bicyclic) bond motifs is 2. The van der Waals surface area contributed by atoms with Gasteiger partial charge in [-0.3, -0.25) is 9.89 Å². The molecule has 1 unspecified atom stereocenters. The highest BCUT2D eigenvalue weighted by Crippen LogP contribution is 2.36.